The van der Waals surface area contributed by atoms with E-state index in [0.717, 1.165) is 12.2 Å². The number of hydrogen-bond donors (Lipinski definition) is 1. The lowest BCUT2D eigenvalue weighted by molar-refractivity contribution is 0.00578. The molecule has 2 aliphatic heterocycles. The molecule has 5 heteroatoms. The lowest BCUT2D eigenvalue weighted by atomic mass is 9.89. The summed E-state index contributed by atoms with van der Waals surface area (Å²) in [7, 11) is -0.315. The predicted octanol–water partition coefficient (Wildman–Crippen LogP) is 2.76. The topological polar surface area (TPSA) is 43.4 Å². The molecule has 1 atom stereocenters. The first-order valence-electron chi connectivity index (χ1n) is 7.61. The zero-order chi connectivity index (χ0) is 15.1. The van der Waals surface area contributed by atoms with Crippen molar-refractivity contribution >= 4 is 13.2 Å². The highest BCUT2D eigenvalue weighted by Gasteiger charge is 2.49. The fourth-order valence-corrected chi connectivity index (χ4v) is 2.44. The second-order valence-corrected chi connectivity index (χ2v) is 6.80. The van der Waals surface area contributed by atoms with Gasteiger partial charge in [-0.05, 0) is 58.4 Å². The molecular formula is C16H23BN2O2. The Kier molecular flexibility index (Phi) is 3.68. The fraction of sp³-hybridized carbons (Fsp3) is 0.562. The van der Waals surface area contributed by atoms with Crippen molar-refractivity contribution in [1.82, 2.24) is 10.3 Å². The van der Waals surface area contributed by atoms with E-state index in [9.17, 15) is 0 Å². The van der Waals surface area contributed by atoms with Crippen molar-refractivity contribution in [2.24, 2.45) is 0 Å². The van der Waals surface area contributed by atoms with Crippen LogP contribution in [0.3, 0.4) is 0 Å². The molecule has 0 amide bonds. The largest absolute Gasteiger partial charge is 0.487 e. The summed E-state index contributed by atoms with van der Waals surface area (Å²) < 4.78 is 11.9. The van der Waals surface area contributed by atoms with Crippen LogP contribution in [0.4, 0.5) is 0 Å². The third-order valence-electron chi connectivity index (χ3n) is 4.73. The highest BCUT2D eigenvalue weighted by Crippen LogP contribution is 2.37. The molecule has 2 fully saturated rings. The molecule has 21 heavy (non-hydrogen) atoms. The molecule has 112 valence electrons. The molecule has 0 radical (unpaired) electrons. The maximum Gasteiger partial charge on any atom is 0.487 e. The summed E-state index contributed by atoms with van der Waals surface area (Å²) >= 11 is 0. The first-order chi connectivity index (χ1) is 9.87. The molecule has 3 heterocycles. The van der Waals surface area contributed by atoms with Gasteiger partial charge in [0.1, 0.15) is 0 Å². The van der Waals surface area contributed by atoms with Crippen LogP contribution in [0.25, 0.3) is 6.08 Å². The number of rotatable bonds is 3. The molecule has 1 aromatic heterocycles. The normalized spacial score (nSPS) is 27.0. The van der Waals surface area contributed by atoms with Crippen molar-refractivity contribution in [3.63, 3.8) is 0 Å². The zero-order valence-corrected chi connectivity index (χ0v) is 13.2. The molecule has 1 aromatic rings. The fourth-order valence-electron chi connectivity index (χ4n) is 2.44. The Hall–Kier alpha value is -1.17. The maximum atomic E-state index is 5.93. The van der Waals surface area contributed by atoms with Gasteiger partial charge >= 0.3 is 7.12 Å². The molecule has 0 saturated carbocycles. The van der Waals surface area contributed by atoms with E-state index in [1.807, 2.05) is 24.3 Å². The van der Waals surface area contributed by atoms with Crippen LogP contribution in [0, 0.1) is 0 Å². The van der Waals surface area contributed by atoms with Crippen molar-refractivity contribution in [1.29, 1.82) is 0 Å². The SMILES string of the molecule is CC1(C)OB(/C=C/c2ccc([C@H]3CCN3)cn2)OC1(C)C. The van der Waals surface area contributed by atoms with Crippen LogP contribution in [-0.2, 0) is 9.31 Å². The predicted molar refractivity (Wildman–Crippen MR) is 84.7 cm³/mol. The van der Waals surface area contributed by atoms with Gasteiger partial charge in [0.15, 0.2) is 0 Å². The van der Waals surface area contributed by atoms with E-state index in [2.05, 4.69) is 44.1 Å². The smallest absolute Gasteiger partial charge is 0.400 e. The Labute approximate surface area is 127 Å². The molecule has 1 N–H and O–H groups in total. The van der Waals surface area contributed by atoms with Crippen molar-refractivity contribution in [3.8, 4) is 0 Å². The van der Waals surface area contributed by atoms with Gasteiger partial charge in [-0.1, -0.05) is 12.0 Å². The third kappa shape index (κ3) is 2.91. The number of pyridine rings is 1. The Bertz CT molecular complexity index is 520. The Morgan fingerprint density at radius 1 is 1.24 bits per heavy atom. The molecule has 2 aliphatic rings. The lowest BCUT2D eigenvalue weighted by Gasteiger charge is -2.32. The van der Waals surface area contributed by atoms with Crippen LogP contribution in [-0.4, -0.2) is 29.8 Å². The molecule has 3 rings (SSSR count). The van der Waals surface area contributed by atoms with E-state index in [0.29, 0.717) is 6.04 Å². The third-order valence-corrected chi connectivity index (χ3v) is 4.73. The molecule has 0 unspecified atom stereocenters. The molecule has 0 bridgehead atoms. The average molecular weight is 286 g/mol. The van der Waals surface area contributed by atoms with Gasteiger partial charge in [-0.2, -0.15) is 0 Å². The summed E-state index contributed by atoms with van der Waals surface area (Å²) in [5.74, 6) is 1.93. The van der Waals surface area contributed by atoms with Gasteiger partial charge in [0, 0.05) is 12.2 Å². The van der Waals surface area contributed by atoms with Gasteiger partial charge < -0.3 is 14.6 Å². The van der Waals surface area contributed by atoms with Gasteiger partial charge in [0.25, 0.3) is 0 Å². The molecule has 0 aromatic carbocycles. The summed E-state index contributed by atoms with van der Waals surface area (Å²) in [6, 6.07) is 4.66. The number of nitrogens with zero attached hydrogens (tertiary/aromatic N) is 1. The molecule has 2 saturated heterocycles. The van der Waals surface area contributed by atoms with Gasteiger partial charge in [-0.3, -0.25) is 4.98 Å². The van der Waals surface area contributed by atoms with E-state index in [4.69, 9.17) is 9.31 Å². The zero-order valence-electron chi connectivity index (χ0n) is 13.2. The van der Waals surface area contributed by atoms with Gasteiger partial charge in [0.05, 0.1) is 16.9 Å². The molecule has 4 nitrogen and oxygen atoms in total. The molecule has 0 aliphatic carbocycles. The van der Waals surface area contributed by atoms with Crippen molar-refractivity contribution < 1.29 is 9.31 Å². The summed E-state index contributed by atoms with van der Waals surface area (Å²) in [6.07, 6.45) is 5.10. The van der Waals surface area contributed by atoms with E-state index in [1.54, 1.807) is 0 Å². The first-order valence-corrected chi connectivity index (χ1v) is 7.61. The minimum Gasteiger partial charge on any atom is -0.400 e. The minimum absolute atomic E-state index is 0.296. The van der Waals surface area contributed by atoms with Crippen LogP contribution < -0.4 is 5.32 Å². The van der Waals surface area contributed by atoms with Crippen LogP contribution in [0.1, 0.15) is 51.4 Å². The van der Waals surface area contributed by atoms with Crippen molar-refractivity contribution in [2.45, 2.75) is 51.4 Å². The van der Waals surface area contributed by atoms with Crippen LogP contribution in [0.15, 0.2) is 24.3 Å². The van der Waals surface area contributed by atoms with E-state index >= 15 is 0 Å². The summed E-state index contributed by atoms with van der Waals surface area (Å²) in [6.45, 7) is 9.33. The first kappa shape index (κ1) is 14.8. The van der Waals surface area contributed by atoms with Gasteiger partial charge in [-0.25, -0.2) is 0 Å². The lowest BCUT2D eigenvalue weighted by Crippen LogP contribution is -2.41. The second-order valence-electron chi connectivity index (χ2n) is 6.80. The van der Waals surface area contributed by atoms with E-state index < -0.39 is 0 Å². The van der Waals surface area contributed by atoms with Crippen LogP contribution in [0.5, 0.6) is 0 Å². The Balaban J connectivity index is 1.64. The Morgan fingerprint density at radius 3 is 2.38 bits per heavy atom. The summed E-state index contributed by atoms with van der Waals surface area (Å²) in [5, 5.41) is 3.38. The summed E-state index contributed by atoms with van der Waals surface area (Å²) in [4.78, 5) is 4.48. The minimum atomic E-state index is -0.315. The standard InChI is InChI=1S/C16H23BN2O2/c1-15(2)16(3,4)21-17(20-15)9-7-13-6-5-12(11-19-13)14-8-10-18-14/h5-7,9,11,14,18H,8,10H2,1-4H3/b9-7+/t14-/m1/s1. The number of nitrogens with one attached hydrogen (secondary N) is 1. The highest BCUT2D eigenvalue weighted by atomic mass is 16.7. The van der Waals surface area contributed by atoms with E-state index in [-0.39, 0.29) is 18.3 Å². The second kappa shape index (κ2) is 5.23. The van der Waals surface area contributed by atoms with E-state index in [1.165, 1.54) is 12.0 Å². The Morgan fingerprint density at radius 2 is 1.90 bits per heavy atom. The van der Waals surface area contributed by atoms with Gasteiger partial charge in [-0.15, -0.1) is 0 Å². The highest BCUT2D eigenvalue weighted by molar-refractivity contribution is 6.52. The van der Waals surface area contributed by atoms with Crippen LogP contribution >= 0.6 is 0 Å². The summed E-state index contributed by atoms with van der Waals surface area (Å²) in [5.41, 5.74) is 1.59. The van der Waals surface area contributed by atoms with Crippen molar-refractivity contribution in [3.05, 3.63) is 35.6 Å². The quantitative estimate of drug-likeness (QED) is 0.868. The maximum absolute atomic E-state index is 5.93. The van der Waals surface area contributed by atoms with Gasteiger partial charge in [0.2, 0.25) is 0 Å². The van der Waals surface area contributed by atoms with Crippen molar-refractivity contribution in [2.75, 3.05) is 6.54 Å². The van der Waals surface area contributed by atoms with Crippen LogP contribution in [0.2, 0.25) is 0 Å². The number of hydrogen-bond acceptors (Lipinski definition) is 4. The average Bonchev–Trinajstić information content (AvgIpc) is 2.55. The number of aromatic nitrogens is 1. The monoisotopic (exact) mass is 286 g/mol. The molecule has 0 spiro atoms. The molecular weight excluding hydrogens is 263 g/mol.